The van der Waals surface area contributed by atoms with Gasteiger partial charge in [-0.3, -0.25) is 0 Å². The van der Waals surface area contributed by atoms with Crippen molar-refractivity contribution in [3.63, 3.8) is 0 Å². The van der Waals surface area contributed by atoms with Gasteiger partial charge in [-0.25, -0.2) is 8.78 Å². The summed E-state index contributed by atoms with van der Waals surface area (Å²) in [5.41, 5.74) is -0.872. The first-order valence-corrected chi connectivity index (χ1v) is 5.06. The van der Waals surface area contributed by atoms with Gasteiger partial charge in [0.05, 0.1) is 0 Å². The van der Waals surface area contributed by atoms with Crippen molar-refractivity contribution in [1.82, 2.24) is 0 Å². The molecule has 1 aromatic rings. The predicted octanol–water partition coefficient (Wildman–Crippen LogP) is 4.19. The molecule has 1 heterocycles. The summed E-state index contributed by atoms with van der Waals surface area (Å²) in [7, 11) is 0. The van der Waals surface area contributed by atoms with Gasteiger partial charge in [-0.05, 0) is 13.0 Å². The molecule has 0 radical (unpaired) electrons. The Bertz CT molecular complexity index is 294. The van der Waals surface area contributed by atoms with Gasteiger partial charge >= 0.3 is 0 Å². The Morgan fingerprint density at radius 3 is 2.08 bits per heavy atom. The van der Waals surface area contributed by atoms with Gasteiger partial charge in [-0.1, -0.05) is 20.8 Å². The van der Waals surface area contributed by atoms with Crippen molar-refractivity contribution in [2.24, 2.45) is 5.41 Å². The lowest BCUT2D eigenvalue weighted by Gasteiger charge is -2.29. The fraction of sp³-hybridized carbons (Fsp3) is 0.600. The lowest BCUT2D eigenvalue weighted by atomic mass is 9.84. The van der Waals surface area contributed by atoms with E-state index in [4.69, 9.17) is 0 Å². The Hall–Kier alpha value is -0.440. The molecule has 1 aromatic heterocycles. The zero-order valence-corrected chi connectivity index (χ0v) is 9.14. The summed E-state index contributed by atoms with van der Waals surface area (Å²) in [6.45, 7) is 6.51. The average molecular weight is 204 g/mol. The molecule has 13 heavy (non-hydrogen) atoms. The number of rotatable bonds is 1. The molecule has 0 atom stereocenters. The van der Waals surface area contributed by atoms with Crippen LogP contribution in [0.2, 0.25) is 0 Å². The van der Waals surface area contributed by atoms with Gasteiger partial charge in [0.25, 0.3) is 5.92 Å². The number of halogens is 2. The van der Waals surface area contributed by atoms with E-state index >= 15 is 0 Å². The first kappa shape index (κ1) is 10.6. The third-order valence-corrected chi connectivity index (χ3v) is 2.90. The van der Waals surface area contributed by atoms with E-state index in [0.717, 1.165) is 4.88 Å². The SMILES string of the molecule is Cc1cc(C(F)(F)C(C)(C)C)cs1. The molecule has 1 rings (SSSR count). The maximum Gasteiger partial charge on any atom is 0.278 e. The van der Waals surface area contributed by atoms with Crippen molar-refractivity contribution in [2.45, 2.75) is 33.6 Å². The molecule has 0 saturated heterocycles. The molecule has 0 aliphatic rings. The summed E-state index contributed by atoms with van der Waals surface area (Å²) in [5, 5.41) is 1.54. The average Bonchev–Trinajstić information content (AvgIpc) is 2.33. The van der Waals surface area contributed by atoms with Gasteiger partial charge in [0.2, 0.25) is 0 Å². The maximum atomic E-state index is 13.7. The second-order valence-corrected chi connectivity index (χ2v) is 5.39. The van der Waals surface area contributed by atoms with Crippen molar-refractivity contribution in [1.29, 1.82) is 0 Å². The highest BCUT2D eigenvalue weighted by molar-refractivity contribution is 7.10. The van der Waals surface area contributed by atoms with E-state index < -0.39 is 11.3 Å². The molecule has 0 saturated carbocycles. The fourth-order valence-corrected chi connectivity index (χ4v) is 1.77. The Labute approximate surface area is 81.6 Å². The summed E-state index contributed by atoms with van der Waals surface area (Å²) >= 11 is 1.37. The second kappa shape index (κ2) is 3.05. The number of hydrogen-bond acceptors (Lipinski definition) is 1. The molecule has 0 amide bonds. The molecule has 3 heteroatoms. The highest BCUT2D eigenvalue weighted by atomic mass is 32.1. The summed E-state index contributed by atoms with van der Waals surface area (Å²) < 4.78 is 27.4. The number of aryl methyl sites for hydroxylation is 1. The van der Waals surface area contributed by atoms with Crippen LogP contribution in [0.3, 0.4) is 0 Å². The minimum Gasteiger partial charge on any atom is -0.201 e. The van der Waals surface area contributed by atoms with E-state index in [9.17, 15) is 8.78 Å². The van der Waals surface area contributed by atoms with Crippen molar-refractivity contribution in [3.05, 3.63) is 21.9 Å². The van der Waals surface area contributed by atoms with E-state index in [1.54, 1.807) is 32.2 Å². The van der Waals surface area contributed by atoms with E-state index in [2.05, 4.69) is 0 Å². The van der Waals surface area contributed by atoms with Crippen LogP contribution >= 0.6 is 11.3 Å². The van der Waals surface area contributed by atoms with Gasteiger partial charge in [0.15, 0.2) is 0 Å². The van der Waals surface area contributed by atoms with E-state index in [1.165, 1.54) is 11.3 Å². The van der Waals surface area contributed by atoms with Gasteiger partial charge < -0.3 is 0 Å². The summed E-state index contributed by atoms with van der Waals surface area (Å²) in [5.74, 6) is -2.74. The van der Waals surface area contributed by atoms with E-state index in [-0.39, 0.29) is 5.56 Å². The predicted molar refractivity (Wildman–Crippen MR) is 52.4 cm³/mol. The summed E-state index contributed by atoms with van der Waals surface area (Å²) in [6.07, 6.45) is 0. The zero-order chi connectivity index (χ0) is 10.3. The molecule has 74 valence electrons. The topological polar surface area (TPSA) is 0 Å². The van der Waals surface area contributed by atoms with E-state index in [0.29, 0.717) is 0 Å². The minimum atomic E-state index is -2.74. The fourth-order valence-electron chi connectivity index (χ4n) is 1.04. The van der Waals surface area contributed by atoms with Crippen LogP contribution in [0, 0.1) is 12.3 Å². The van der Waals surface area contributed by atoms with Crippen LogP contribution in [-0.4, -0.2) is 0 Å². The standard InChI is InChI=1S/C10H14F2S/c1-7-5-8(6-13-7)10(11,12)9(2,3)4/h5-6H,1-4H3. The van der Waals surface area contributed by atoms with Crippen LogP contribution in [0.25, 0.3) is 0 Å². The first-order valence-electron chi connectivity index (χ1n) is 4.18. The van der Waals surface area contributed by atoms with Crippen LogP contribution in [0.15, 0.2) is 11.4 Å². The third-order valence-electron chi connectivity index (χ3n) is 2.04. The molecule has 0 nitrogen and oxygen atoms in total. The normalized spacial score (nSPS) is 13.4. The Balaban J connectivity index is 3.07. The Kier molecular flexibility index (Phi) is 2.50. The monoisotopic (exact) mass is 204 g/mol. The quantitative estimate of drug-likeness (QED) is 0.643. The summed E-state index contributed by atoms with van der Waals surface area (Å²) in [4.78, 5) is 0.930. The van der Waals surface area contributed by atoms with Gasteiger partial charge in [0.1, 0.15) is 0 Å². The molecule has 0 fully saturated rings. The van der Waals surface area contributed by atoms with Crippen molar-refractivity contribution in [3.8, 4) is 0 Å². The molecular weight excluding hydrogens is 190 g/mol. The largest absolute Gasteiger partial charge is 0.278 e. The summed E-state index contributed by atoms with van der Waals surface area (Å²) in [6, 6.07) is 1.57. The molecular formula is C10H14F2S. The highest BCUT2D eigenvalue weighted by Gasteiger charge is 2.44. The van der Waals surface area contributed by atoms with Gasteiger partial charge in [-0.2, -0.15) is 0 Å². The Morgan fingerprint density at radius 1 is 1.23 bits per heavy atom. The van der Waals surface area contributed by atoms with Crippen molar-refractivity contribution < 1.29 is 8.78 Å². The minimum absolute atomic E-state index is 0.141. The molecule has 0 unspecified atom stereocenters. The lowest BCUT2D eigenvalue weighted by molar-refractivity contribution is -0.104. The van der Waals surface area contributed by atoms with Crippen LogP contribution in [0.5, 0.6) is 0 Å². The van der Waals surface area contributed by atoms with E-state index in [1.807, 2.05) is 6.92 Å². The molecule has 0 aliphatic heterocycles. The highest BCUT2D eigenvalue weighted by Crippen LogP contribution is 2.45. The molecule has 0 aliphatic carbocycles. The van der Waals surface area contributed by atoms with Gasteiger partial charge in [-0.15, -0.1) is 11.3 Å². The molecule has 0 aromatic carbocycles. The molecule has 0 bridgehead atoms. The second-order valence-electron chi connectivity index (χ2n) is 4.27. The molecule has 0 N–H and O–H groups in total. The Morgan fingerprint density at radius 2 is 1.77 bits per heavy atom. The van der Waals surface area contributed by atoms with Crippen molar-refractivity contribution >= 4 is 11.3 Å². The molecule has 0 spiro atoms. The van der Waals surface area contributed by atoms with Crippen LogP contribution in [0.4, 0.5) is 8.78 Å². The van der Waals surface area contributed by atoms with Gasteiger partial charge in [0, 0.05) is 21.2 Å². The van der Waals surface area contributed by atoms with Crippen molar-refractivity contribution in [2.75, 3.05) is 0 Å². The van der Waals surface area contributed by atoms with Crippen LogP contribution in [-0.2, 0) is 5.92 Å². The third kappa shape index (κ3) is 1.90. The number of alkyl halides is 2. The van der Waals surface area contributed by atoms with Crippen LogP contribution in [0.1, 0.15) is 31.2 Å². The number of hydrogen-bond donors (Lipinski definition) is 0. The maximum absolute atomic E-state index is 13.7. The lowest BCUT2D eigenvalue weighted by Crippen LogP contribution is -2.30. The van der Waals surface area contributed by atoms with Crippen LogP contribution < -0.4 is 0 Å². The first-order chi connectivity index (χ1) is 5.75. The zero-order valence-electron chi connectivity index (χ0n) is 8.32. The number of thiophene rings is 1. The smallest absolute Gasteiger partial charge is 0.201 e.